The maximum absolute atomic E-state index is 14.0. The summed E-state index contributed by atoms with van der Waals surface area (Å²) >= 11 is 0. The fourth-order valence-corrected chi connectivity index (χ4v) is 6.33. The van der Waals surface area contributed by atoms with Gasteiger partial charge < -0.3 is 20.1 Å². The number of urea groups is 1. The van der Waals surface area contributed by atoms with Crippen molar-refractivity contribution in [3.63, 3.8) is 0 Å². The van der Waals surface area contributed by atoms with Crippen LogP contribution < -0.4 is 10.1 Å². The largest absolute Gasteiger partial charge is 0.491 e. The Morgan fingerprint density at radius 1 is 1.20 bits per heavy atom. The first-order chi connectivity index (χ1) is 19.2. The highest BCUT2D eigenvalue weighted by molar-refractivity contribution is 6.10. The number of hydrogen-bond acceptors (Lipinski definition) is 6. The molecule has 1 unspecified atom stereocenters. The van der Waals surface area contributed by atoms with Gasteiger partial charge in [-0.3, -0.25) is 19.2 Å². The van der Waals surface area contributed by atoms with Crippen molar-refractivity contribution < 1.29 is 28.6 Å². The van der Waals surface area contributed by atoms with E-state index in [9.17, 15) is 23.9 Å². The average molecular weight is 546 g/mol. The quantitative estimate of drug-likeness (QED) is 0.487. The van der Waals surface area contributed by atoms with Gasteiger partial charge in [-0.15, -0.1) is 0 Å². The van der Waals surface area contributed by atoms with Gasteiger partial charge in [0.2, 0.25) is 5.91 Å². The zero-order chi connectivity index (χ0) is 27.8. The monoisotopic (exact) mass is 545 g/mol. The fraction of sp³-hybridized carbons (Fsp3) is 0.379. The smallest absolute Gasteiger partial charge is 0.325 e. The molecule has 2 aliphatic carbocycles. The predicted molar refractivity (Wildman–Crippen MR) is 139 cm³/mol. The van der Waals surface area contributed by atoms with Gasteiger partial charge in [0, 0.05) is 37.3 Å². The predicted octanol–water partition coefficient (Wildman–Crippen LogP) is 2.61. The maximum atomic E-state index is 14.0. The molecule has 2 N–H and O–H groups in total. The number of nitrogens with zero attached hydrogens (tertiary/aromatic N) is 4. The van der Waals surface area contributed by atoms with Gasteiger partial charge in [-0.05, 0) is 59.7 Å². The van der Waals surface area contributed by atoms with Gasteiger partial charge in [0.1, 0.15) is 30.3 Å². The number of carbonyl (C=O) groups is 3. The minimum absolute atomic E-state index is 0.0248. The van der Waals surface area contributed by atoms with Crippen LogP contribution in [0, 0.1) is 11.7 Å². The second-order valence-corrected chi connectivity index (χ2v) is 11.1. The van der Waals surface area contributed by atoms with E-state index in [1.807, 2.05) is 25.4 Å². The van der Waals surface area contributed by atoms with Crippen molar-refractivity contribution in [2.24, 2.45) is 13.0 Å². The van der Waals surface area contributed by atoms with Gasteiger partial charge in [0.25, 0.3) is 5.91 Å². The van der Waals surface area contributed by atoms with Crippen LogP contribution >= 0.6 is 0 Å². The summed E-state index contributed by atoms with van der Waals surface area (Å²) in [5.74, 6) is -0.634. The number of imide groups is 1. The van der Waals surface area contributed by atoms with E-state index >= 15 is 0 Å². The van der Waals surface area contributed by atoms with E-state index < -0.39 is 41.9 Å². The Morgan fingerprint density at radius 2 is 2.02 bits per heavy atom. The third kappa shape index (κ3) is 3.87. The highest BCUT2D eigenvalue weighted by Gasteiger charge is 2.58. The van der Waals surface area contributed by atoms with E-state index in [0.29, 0.717) is 22.4 Å². The number of carbonyl (C=O) groups excluding carboxylic acids is 3. The second kappa shape index (κ2) is 8.88. The van der Waals surface area contributed by atoms with Gasteiger partial charge in [0.15, 0.2) is 0 Å². The molecule has 40 heavy (non-hydrogen) atoms. The number of fused-ring (bicyclic) bond motifs is 3. The summed E-state index contributed by atoms with van der Waals surface area (Å²) in [5.41, 5.74) is 1.86. The molecule has 1 saturated heterocycles. The van der Waals surface area contributed by atoms with Crippen molar-refractivity contribution in [1.82, 2.24) is 24.9 Å². The number of ether oxygens (including phenoxy) is 1. The molecule has 1 spiro atoms. The summed E-state index contributed by atoms with van der Waals surface area (Å²) < 4.78 is 21.6. The normalized spacial score (nSPS) is 25.5. The van der Waals surface area contributed by atoms with Gasteiger partial charge in [-0.2, -0.15) is 5.10 Å². The molecule has 206 valence electrons. The summed E-state index contributed by atoms with van der Waals surface area (Å²) in [5, 5.41) is 17.9. The van der Waals surface area contributed by atoms with E-state index in [1.54, 1.807) is 27.9 Å². The minimum Gasteiger partial charge on any atom is -0.491 e. The van der Waals surface area contributed by atoms with Crippen LogP contribution in [-0.4, -0.2) is 61.7 Å². The molecule has 1 aromatic heterocycles. The van der Waals surface area contributed by atoms with E-state index in [-0.39, 0.29) is 31.5 Å². The Bertz CT molecular complexity index is 1570. The molecule has 4 aliphatic rings. The zero-order valence-electron chi connectivity index (χ0n) is 21.8. The van der Waals surface area contributed by atoms with Gasteiger partial charge in [-0.25, -0.2) is 9.18 Å². The molecule has 3 aromatic rings. The Kier molecular flexibility index (Phi) is 5.50. The molecule has 2 fully saturated rings. The molecule has 0 radical (unpaired) electrons. The molecule has 0 bridgehead atoms. The van der Waals surface area contributed by atoms with Crippen molar-refractivity contribution >= 4 is 17.8 Å². The van der Waals surface area contributed by atoms with Gasteiger partial charge >= 0.3 is 6.03 Å². The average Bonchev–Trinajstić information content (AvgIpc) is 3.60. The highest BCUT2D eigenvalue weighted by atomic mass is 19.1. The lowest BCUT2D eigenvalue weighted by atomic mass is 9.90. The summed E-state index contributed by atoms with van der Waals surface area (Å²) in [6.45, 7) is -0.0714. The Labute approximate surface area is 229 Å². The van der Waals surface area contributed by atoms with Crippen LogP contribution in [0.2, 0.25) is 0 Å². The molecular formula is C29H28FN5O5. The van der Waals surface area contributed by atoms with Crippen LogP contribution in [0.3, 0.4) is 0 Å². The number of nitrogens with one attached hydrogen (secondary N) is 1. The fourth-order valence-electron chi connectivity index (χ4n) is 6.33. The molecule has 3 heterocycles. The molecule has 2 aliphatic heterocycles. The standard InChI is InChI=1S/C29H28FN5O5/c1-33-12-19(11-31-33)17-4-6-22-21(9-17)24(36)10-29(22)27(38)35(28(39)32-29)14-26(37)34-13-18-8-20(30)5-7-25(18)40-15-23(34)16-2-3-16/h4-9,11-12,16,23-24,36H,2-3,10,13-15H2,1H3,(H,32,39)/t23-,24?,29-/m0/s1. The third-order valence-electron chi connectivity index (χ3n) is 8.54. The van der Waals surface area contributed by atoms with Crippen molar-refractivity contribution in [2.45, 2.75) is 43.5 Å². The van der Waals surface area contributed by atoms with Crippen molar-refractivity contribution in [1.29, 1.82) is 0 Å². The Morgan fingerprint density at radius 3 is 2.77 bits per heavy atom. The van der Waals surface area contributed by atoms with Crippen LogP contribution in [0.25, 0.3) is 11.1 Å². The van der Waals surface area contributed by atoms with E-state index in [4.69, 9.17) is 4.74 Å². The maximum Gasteiger partial charge on any atom is 0.325 e. The molecule has 2 aromatic carbocycles. The number of aliphatic hydroxyl groups is 1. The number of halogens is 1. The number of aryl methyl sites for hydroxylation is 1. The number of benzene rings is 2. The highest BCUT2D eigenvalue weighted by Crippen LogP contribution is 2.48. The van der Waals surface area contributed by atoms with E-state index in [2.05, 4.69) is 10.4 Å². The lowest BCUT2D eigenvalue weighted by Crippen LogP contribution is -2.49. The van der Waals surface area contributed by atoms with Crippen molar-refractivity contribution in [2.75, 3.05) is 13.2 Å². The molecule has 3 atom stereocenters. The summed E-state index contributed by atoms with van der Waals surface area (Å²) in [4.78, 5) is 43.3. The van der Waals surface area contributed by atoms with Crippen LogP contribution in [-0.2, 0) is 28.7 Å². The van der Waals surface area contributed by atoms with Crippen molar-refractivity contribution in [3.05, 3.63) is 71.3 Å². The molecule has 4 amide bonds. The topological polar surface area (TPSA) is 117 Å². The van der Waals surface area contributed by atoms with Gasteiger partial charge in [0.05, 0.1) is 18.3 Å². The zero-order valence-corrected chi connectivity index (χ0v) is 21.8. The molecule has 10 nitrogen and oxygen atoms in total. The Balaban J connectivity index is 1.16. The van der Waals surface area contributed by atoms with E-state index in [0.717, 1.165) is 28.9 Å². The van der Waals surface area contributed by atoms with Crippen LogP contribution in [0.4, 0.5) is 9.18 Å². The second-order valence-electron chi connectivity index (χ2n) is 11.1. The van der Waals surface area contributed by atoms with Crippen molar-refractivity contribution in [3.8, 4) is 16.9 Å². The number of aromatic nitrogens is 2. The number of amides is 4. The van der Waals surface area contributed by atoms with Crippen LogP contribution in [0.15, 0.2) is 48.8 Å². The molecule has 7 rings (SSSR count). The molecular weight excluding hydrogens is 517 g/mol. The van der Waals surface area contributed by atoms with Crippen LogP contribution in [0.1, 0.15) is 42.1 Å². The number of rotatable bonds is 4. The van der Waals surface area contributed by atoms with E-state index in [1.165, 1.54) is 12.1 Å². The lowest BCUT2D eigenvalue weighted by molar-refractivity contribution is -0.141. The molecule has 1 saturated carbocycles. The molecule has 11 heteroatoms. The number of hydrogen-bond donors (Lipinski definition) is 2. The Hall–Kier alpha value is -4.25. The number of aliphatic hydroxyl groups excluding tert-OH is 1. The lowest BCUT2D eigenvalue weighted by Gasteiger charge is -2.30. The van der Waals surface area contributed by atoms with Gasteiger partial charge in [-0.1, -0.05) is 12.1 Å². The summed E-state index contributed by atoms with van der Waals surface area (Å²) in [7, 11) is 1.81. The minimum atomic E-state index is -1.45. The third-order valence-corrected chi connectivity index (χ3v) is 8.54. The first-order valence-corrected chi connectivity index (χ1v) is 13.4. The first-order valence-electron chi connectivity index (χ1n) is 13.4. The van der Waals surface area contributed by atoms with Crippen LogP contribution in [0.5, 0.6) is 5.75 Å². The summed E-state index contributed by atoms with van der Waals surface area (Å²) in [6.07, 6.45) is 4.46. The summed E-state index contributed by atoms with van der Waals surface area (Å²) in [6, 6.07) is 8.70. The SMILES string of the molecule is Cn1cc(-c2ccc3c(c2)C(O)C[C@]32NC(=O)N(CC(=O)N3Cc4cc(F)ccc4OC[C@H]3C3CC3)C2=O)cn1. The first kappa shape index (κ1) is 24.8.